The quantitative estimate of drug-likeness (QED) is 0.474. The molecule has 3 rings (SSSR count). The summed E-state index contributed by atoms with van der Waals surface area (Å²) in [5, 5.41) is 2.50. The Morgan fingerprint density at radius 1 is 1.42 bits per heavy atom. The molecule has 132 valence electrons. The van der Waals surface area contributed by atoms with Crippen molar-refractivity contribution >= 4 is 33.4 Å². The lowest BCUT2D eigenvalue weighted by molar-refractivity contribution is -0.0197. The molecule has 24 heavy (non-hydrogen) atoms. The molecule has 1 fully saturated rings. The highest BCUT2D eigenvalue weighted by Crippen LogP contribution is 2.34. The molecule has 0 aliphatic carbocycles. The van der Waals surface area contributed by atoms with Crippen molar-refractivity contribution in [3.8, 4) is 0 Å². The largest absolute Gasteiger partial charge is 0.382 e. The zero-order valence-corrected chi connectivity index (χ0v) is 14.2. The molecule has 2 aromatic heterocycles. The van der Waals surface area contributed by atoms with Crippen molar-refractivity contribution in [3.63, 3.8) is 0 Å². The average Bonchev–Trinajstić information content (AvgIpc) is 3.09. The maximum atomic E-state index is 11.1. The van der Waals surface area contributed by atoms with Crippen molar-refractivity contribution in [3.05, 3.63) is 12.7 Å². The number of hydrogen-bond acceptors (Lipinski definition) is 8. The van der Waals surface area contributed by atoms with Crippen LogP contribution in [0.2, 0.25) is 0 Å². The monoisotopic (exact) mass is 378 g/mol. The van der Waals surface area contributed by atoms with E-state index >= 15 is 0 Å². The van der Waals surface area contributed by atoms with Gasteiger partial charge in [-0.3, -0.25) is 13.7 Å². The van der Waals surface area contributed by atoms with E-state index in [1.54, 1.807) is 4.57 Å². The second-order valence-electron chi connectivity index (χ2n) is 5.08. The number of nitrogen functional groups attached to an aromatic ring is 1. The third-order valence-corrected chi connectivity index (χ3v) is 4.64. The molecule has 0 spiro atoms. The highest BCUT2D eigenvalue weighted by atomic mass is 31.1. The van der Waals surface area contributed by atoms with E-state index in [1.165, 1.54) is 12.7 Å². The number of anilines is 1. The summed E-state index contributed by atoms with van der Waals surface area (Å²) >= 11 is 0. The fourth-order valence-corrected chi connectivity index (χ4v) is 3.53. The van der Waals surface area contributed by atoms with Crippen LogP contribution in [0.3, 0.4) is 0 Å². The highest BCUT2D eigenvalue weighted by molar-refractivity contribution is 7.35. The van der Waals surface area contributed by atoms with Crippen LogP contribution >= 0.6 is 16.4 Å². The summed E-state index contributed by atoms with van der Waals surface area (Å²) < 4.78 is 34.0. The molecule has 0 amide bonds. The summed E-state index contributed by atoms with van der Waals surface area (Å²) in [6.45, 7) is -0.193. The molecule has 2 aromatic rings. The Morgan fingerprint density at radius 2 is 2.21 bits per heavy atom. The number of nitrogens with two attached hydrogens (primary N) is 1. The Labute approximate surface area is 136 Å². The van der Waals surface area contributed by atoms with Crippen molar-refractivity contribution in [2.24, 2.45) is 0 Å². The summed E-state index contributed by atoms with van der Waals surface area (Å²) in [6.07, 6.45) is 1.85. The van der Waals surface area contributed by atoms with Crippen LogP contribution in [0.5, 0.6) is 0 Å². The first-order valence-corrected chi connectivity index (χ1v) is 9.51. The van der Waals surface area contributed by atoms with Crippen molar-refractivity contribution < 1.29 is 28.2 Å². The molecule has 5 atom stereocenters. The second kappa shape index (κ2) is 7.24. The maximum absolute atomic E-state index is 11.1. The molecule has 0 aromatic carbocycles. The average molecular weight is 378 g/mol. The standard InChI is InChI=1S/C10H16N6O6P2/c11-9-8-10(13-3-12-9)16(4-14-8)7-1-5(15-23(17)18)6(22-7)2-21-24(19)20/h3-7,23-24H,1-2H2,(H,19,20)(H2,11,12,13)(H2,15,17,18)/t5-,6+,7+/m0/s1. The molecule has 1 aliphatic heterocycles. The van der Waals surface area contributed by atoms with E-state index < -0.39 is 34.8 Å². The van der Waals surface area contributed by atoms with Gasteiger partial charge in [0.05, 0.1) is 19.0 Å². The Balaban J connectivity index is 1.84. The molecule has 0 radical (unpaired) electrons. The molecular weight excluding hydrogens is 362 g/mol. The van der Waals surface area contributed by atoms with Crippen LogP contribution in [0.25, 0.3) is 11.2 Å². The number of rotatable bonds is 6. The van der Waals surface area contributed by atoms with Crippen molar-refractivity contribution in [1.82, 2.24) is 24.6 Å². The van der Waals surface area contributed by atoms with Crippen LogP contribution in [0.1, 0.15) is 12.6 Å². The Hall–Kier alpha value is -1.39. The molecule has 5 N–H and O–H groups in total. The number of nitrogens with one attached hydrogen (secondary N) is 1. The Morgan fingerprint density at radius 3 is 2.92 bits per heavy atom. The smallest absolute Gasteiger partial charge is 0.316 e. The number of aromatic nitrogens is 4. The fourth-order valence-electron chi connectivity index (χ4n) is 2.60. The van der Waals surface area contributed by atoms with Crippen molar-refractivity contribution in [2.75, 3.05) is 12.3 Å². The summed E-state index contributed by atoms with van der Waals surface area (Å²) in [4.78, 5) is 30.0. The molecule has 1 aliphatic rings. The molecule has 0 saturated carbocycles. The topological polar surface area (TPSA) is 175 Å². The first-order valence-electron chi connectivity index (χ1n) is 6.89. The number of hydrogen-bond donors (Lipinski definition) is 4. The van der Waals surface area contributed by atoms with Crippen LogP contribution < -0.4 is 10.8 Å². The van der Waals surface area contributed by atoms with Gasteiger partial charge in [-0.15, -0.1) is 0 Å². The van der Waals surface area contributed by atoms with Gasteiger partial charge in [0.1, 0.15) is 18.1 Å². The lowest BCUT2D eigenvalue weighted by atomic mass is 10.1. The van der Waals surface area contributed by atoms with Gasteiger partial charge in [-0.05, 0) is 0 Å². The first kappa shape index (κ1) is 17.4. The molecule has 12 nitrogen and oxygen atoms in total. The van der Waals surface area contributed by atoms with E-state index in [2.05, 4.69) is 20.0 Å². The van der Waals surface area contributed by atoms with E-state index in [0.717, 1.165) is 0 Å². The molecule has 1 saturated heterocycles. The predicted molar refractivity (Wildman–Crippen MR) is 83.6 cm³/mol. The van der Waals surface area contributed by atoms with Crippen LogP contribution in [0, 0.1) is 0 Å². The molecule has 2 unspecified atom stereocenters. The zero-order valence-electron chi connectivity index (χ0n) is 12.2. The number of ether oxygens (including phenoxy) is 1. The fraction of sp³-hybridized carbons (Fsp3) is 0.500. The van der Waals surface area contributed by atoms with Gasteiger partial charge in [-0.25, -0.2) is 20.0 Å². The van der Waals surface area contributed by atoms with Crippen LogP contribution in [0.15, 0.2) is 12.7 Å². The molecule has 14 heteroatoms. The summed E-state index contributed by atoms with van der Waals surface area (Å²) in [5.74, 6) is 0.227. The minimum atomic E-state index is -3.13. The Kier molecular flexibility index (Phi) is 5.26. The van der Waals surface area contributed by atoms with Gasteiger partial charge in [0, 0.05) is 12.5 Å². The van der Waals surface area contributed by atoms with Gasteiger partial charge >= 0.3 is 8.25 Å². The van der Waals surface area contributed by atoms with Crippen LogP contribution in [-0.2, 0) is 18.4 Å². The Bertz CT molecular complexity index is 786. The number of fused-ring (bicyclic) bond motifs is 1. The zero-order chi connectivity index (χ0) is 17.3. The van der Waals surface area contributed by atoms with Gasteiger partial charge in [0.15, 0.2) is 11.5 Å². The van der Waals surface area contributed by atoms with E-state index in [4.69, 9.17) is 24.8 Å². The highest BCUT2D eigenvalue weighted by Gasteiger charge is 2.38. The van der Waals surface area contributed by atoms with Crippen LogP contribution in [-0.4, -0.2) is 48.1 Å². The SMILES string of the molecule is Nc1ncnc2c1ncn2[C@H]1C[C@H](N[PH](=O)O)[C@@H](CO[PH](=O)O)O1. The third-order valence-electron chi connectivity index (χ3n) is 3.61. The lowest BCUT2D eigenvalue weighted by Gasteiger charge is -2.17. The summed E-state index contributed by atoms with van der Waals surface area (Å²) in [5.41, 5.74) is 6.62. The van der Waals surface area contributed by atoms with Gasteiger partial charge < -0.3 is 24.8 Å². The van der Waals surface area contributed by atoms with E-state index in [-0.39, 0.29) is 12.4 Å². The minimum absolute atomic E-state index is 0.193. The lowest BCUT2D eigenvalue weighted by Crippen LogP contribution is -2.34. The summed E-state index contributed by atoms with van der Waals surface area (Å²) in [7, 11) is -6.10. The second-order valence-corrected chi connectivity index (χ2v) is 6.80. The summed E-state index contributed by atoms with van der Waals surface area (Å²) in [6, 6.07) is -0.538. The van der Waals surface area contributed by atoms with Crippen LogP contribution in [0.4, 0.5) is 5.82 Å². The predicted octanol–water partition coefficient (Wildman–Crippen LogP) is -0.565. The maximum Gasteiger partial charge on any atom is 0.316 e. The van der Waals surface area contributed by atoms with Crippen molar-refractivity contribution in [1.29, 1.82) is 0 Å². The van der Waals surface area contributed by atoms with Gasteiger partial charge in [0.25, 0.3) is 8.18 Å². The van der Waals surface area contributed by atoms with Gasteiger partial charge in [-0.1, -0.05) is 0 Å². The first-order chi connectivity index (χ1) is 11.5. The minimum Gasteiger partial charge on any atom is -0.382 e. The van der Waals surface area contributed by atoms with Crippen molar-refractivity contribution in [2.45, 2.75) is 24.8 Å². The molecular formula is C10H16N6O6P2. The number of nitrogens with zero attached hydrogens (tertiary/aromatic N) is 4. The van der Waals surface area contributed by atoms with E-state index in [0.29, 0.717) is 17.6 Å². The normalized spacial score (nSPS) is 26.7. The van der Waals surface area contributed by atoms with E-state index in [9.17, 15) is 9.13 Å². The molecule has 0 bridgehead atoms. The van der Waals surface area contributed by atoms with Gasteiger partial charge in [0.2, 0.25) is 0 Å². The van der Waals surface area contributed by atoms with E-state index in [1.807, 2.05) is 0 Å². The number of imidazole rings is 1. The molecule has 3 heterocycles. The van der Waals surface area contributed by atoms with Gasteiger partial charge in [-0.2, -0.15) is 0 Å². The third kappa shape index (κ3) is 3.65.